The zero-order chi connectivity index (χ0) is 18.5. The zero-order valence-corrected chi connectivity index (χ0v) is 13.2. The van der Waals surface area contributed by atoms with Crippen molar-refractivity contribution in [1.82, 2.24) is 10.2 Å². The number of hydrogen-bond donors (Lipinski definition) is 1. The molecule has 1 amide bonds. The van der Waals surface area contributed by atoms with E-state index in [1.807, 2.05) is 0 Å². The van der Waals surface area contributed by atoms with Crippen molar-refractivity contribution in [2.45, 2.75) is 24.7 Å². The van der Waals surface area contributed by atoms with E-state index in [2.05, 4.69) is 10.3 Å². The summed E-state index contributed by atoms with van der Waals surface area (Å²) in [4.78, 5) is 30.3. The number of fused-ring (bicyclic) bond motifs is 2. The average Bonchev–Trinajstić information content (AvgIpc) is 3.22. The second-order valence-electron chi connectivity index (χ2n) is 6.01. The number of aliphatic imine (C=N–C) groups is 1. The molecule has 4 rings (SSSR count). The largest absolute Gasteiger partial charge is 0.479 e. The van der Waals surface area contributed by atoms with E-state index < -0.39 is 29.2 Å². The Hall–Kier alpha value is -3.04. The first kappa shape index (κ1) is 16.4. The smallest absolute Gasteiger partial charge is 0.449 e. The van der Waals surface area contributed by atoms with Gasteiger partial charge in [-0.3, -0.25) is 9.59 Å². The Labute approximate surface area is 144 Å². The molecule has 1 saturated heterocycles. The van der Waals surface area contributed by atoms with Crippen LogP contribution in [0.4, 0.5) is 13.2 Å². The molecule has 1 aromatic rings. The van der Waals surface area contributed by atoms with E-state index in [0.717, 1.165) is 17.0 Å². The molecule has 3 aliphatic heterocycles. The number of ether oxygens (including phenoxy) is 1. The number of carbonyl (C=O) groups is 2. The molecule has 0 saturated carbocycles. The Morgan fingerprint density at radius 2 is 2.12 bits per heavy atom. The van der Waals surface area contributed by atoms with Crippen molar-refractivity contribution in [3.8, 4) is 0 Å². The summed E-state index contributed by atoms with van der Waals surface area (Å²) >= 11 is 0. The van der Waals surface area contributed by atoms with Crippen molar-refractivity contribution in [2.75, 3.05) is 6.54 Å². The van der Waals surface area contributed by atoms with Gasteiger partial charge in [-0.1, -0.05) is 0 Å². The van der Waals surface area contributed by atoms with Crippen LogP contribution in [0.1, 0.15) is 17.9 Å². The summed E-state index contributed by atoms with van der Waals surface area (Å²) in [6, 6.07) is 1.93. The van der Waals surface area contributed by atoms with E-state index in [1.165, 1.54) is 18.8 Å². The Morgan fingerprint density at radius 1 is 1.31 bits per heavy atom. The van der Waals surface area contributed by atoms with E-state index in [0.29, 0.717) is 11.3 Å². The summed E-state index contributed by atoms with van der Waals surface area (Å²) in [5.41, 5.74) is -0.417. The molecule has 0 aromatic carbocycles. The molecule has 1 aromatic heterocycles. The fourth-order valence-electron chi connectivity index (χ4n) is 3.16. The molecule has 0 aliphatic carbocycles. The summed E-state index contributed by atoms with van der Waals surface area (Å²) in [5, 5.41) is 2.83. The number of likely N-dealkylation sites (tertiary alicyclic amines) is 1. The fraction of sp³-hybridized carbons (Fsp3) is 0.312. The lowest BCUT2D eigenvalue weighted by Crippen LogP contribution is -2.57. The lowest BCUT2D eigenvalue weighted by Gasteiger charge is -2.37. The van der Waals surface area contributed by atoms with Gasteiger partial charge in [0.1, 0.15) is 12.0 Å². The fourth-order valence-corrected chi connectivity index (χ4v) is 3.16. The van der Waals surface area contributed by atoms with Crippen LogP contribution < -0.4 is 5.32 Å². The number of carbonyl (C=O) groups excluding carboxylic acids is 2. The first-order chi connectivity index (χ1) is 12.3. The van der Waals surface area contributed by atoms with Crippen LogP contribution >= 0.6 is 0 Å². The Kier molecular flexibility index (Phi) is 3.46. The SMILES string of the molecule is O=C1C(=O)C2(CCN1Cc1ccc(C(F)(F)F)o1)OC=C1NC=NC=C12. The molecule has 1 N–H and O–H groups in total. The molecule has 1 fully saturated rings. The van der Waals surface area contributed by atoms with Crippen molar-refractivity contribution in [2.24, 2.45) is 4.99 Å². The molecular weight excluding hydrogens is 355 g/mol. The number of furan rings is 1. The van der Waals surface area contributed by atoms with Crippen LogP contribution in [0.2, 0.25) is 0 Å². The van der Waals surface area contributed by atoms with Crippen LogP contribution in [0, 0.1) is 0 Å². The number of nitrogens with zero attached hydrogens (tertiary/aromatic N) is 2. The van der Waals surface area contributed by atoms with Gasteiger partial charge in [0.2, 0.25) is 11.4 Å². The number of rotatable bonds is 2. The number of alkyl halides is 3. The number of ketones is 1. The van der Waals surface area contributed by atoms with Crippen LogP contribution in [0.25, 0.3) is 0 Å². The molecule has 10 heteroatoms. The van der Waals surface area contributed by atoms with E-state index in [4.69, 9.17) is 9.15 Å². The minimum Gasteiger partial charge on any atom is -0.479 e. The normalized spacial score (nSPS) is 25.0. The van der Waals surface area contributed by atoms with Gasteiger partial charge in [-0.25, -0.2) is 4.99 Å². The van der Waals surface area contributed by atoms with Crippen molar-refractivity contribution in [1.29, 1.82) is 0 Å². The highest BCUT2D eigenvalue weighted by molar-refractivity contribution is 6.41. The van der Waals surface area contributed by atoms with E-state index in [1.54, 1.807) is 0 Å². The average molecular weight is 367 g/mol. The molecule has 7 nitrogen and oxygen atoms in total. The second kappa shape index (κ2) is 5.48. The third kappa shape index (κ3) is 2.40. The van der Waals surface area contributed by atoms with Gasteiger partial charge in [0.25, 0.3) is 11.7 Å². The third-order valence-corrected chi connectivity index (χ3v) is 4.47. The Bertz CT molecular complexity index is 884. The van der Waals surface area contributed by atoms with Crippen molar-refractivity contribution in [3.63, 3.8) is 0 Å². The van der Waals surface area contributed by atoms with Gasteiger partial charge >= 0.3 is 6.18 Å². The predicted molar refractivity (Wildman–Crippen MR) is 80.4 cm³/mol. The monoisotopic (exact) mass is 367 g/mol. The maximum atomic E-state index is 12.7. The van der Waals surface area contributed by atoms with Crippen molar-refractivity contribution >= 4 is 18.0 Å². The molecule has 1 spiro atoms. The van der Waals surface area contributed by atoms with E-state index >= 15 is 0 Å². The first-order valence-electron chi connectivity index (χ1n) is 7.68. The first-order valence-corrected chi connectivity index (χ1v) is 7.68. The molecule has 1 unspecified atom stereocenters. The molecule has 3 aliphatic rings. The third-order valence-electron chi connectivity index (χ3n) is 4.47. The van der Waals surface area contributed by atoms with Crippen LogP contribution in [0.15, 0.2) is 45.3 Å². The maximum Gasteiger partial charge on any atom is 0.449 e. The summed E-state index contributed by atoms with van der Waals surface area (Å²) in [6.45, 7) is -0.110. The van der Waals surface area contributed by atoms with Crippen LogP contribution in [-0.2, 0) is 27.0 Å². The summed E-state index contributed by atoms with van der Waals surface area (Å²) in [6.07, 6.45) is -0.204. The van der Waals surface area contributed by atoms with Crippen LogP contribution in [-0.4, -0.2) is 35.1 Å². The van der Waals surface area contributed by atoms with Gasteiger partial charge in [0, 0.05) is 24.7 Å². The minimum absolute atomic E-state index is 0.0521. The van der Waals surface area contributed by atoms with Gasteiger partial charge in [-0.15, -0.1) is 0 Å². The quantitative estimate of drug-likeness (QED) is 0.805. The number of Topliss-reactive ketones (excluding diaryl/α,β-unsaturated/α-hetero) is 1. The highest BCUT2D eigenvalue weighted by Gasteiger charge is 2.55. The Balaban J connectivity index is 1.52. The van der Waals surface area contributed by atoms with Gasteiger partial charge < -0.3 is 19.4 Å². The molecule has 1 atom stereocenters. The molecule has 4 heterocycles. The lowest BCUT2D eigenvalue weighted by atomic mass is 9.82. The van der Waals surface area contributed by atoms with Gasteiger partial charge in [-0.05, 0) is 12.1 Å². The Morgan fingerprint density at radius 3 is 2.85 bits per heavy atom. The number of halogens is 3. The molecule has 0 bridgehead atoms. The highest BCUT2D eigenvalue weighted by Crippen LogP contribution is 2.41. The summed E-state index contributed by atoms with van der Waals surface area (Å²) in [5.74, 6) is -2.83. The van der Waals surface area contributed by atoms with Gasteiger partial charge in [0.15, 0.2) is 0 Å². The topological polar surface area (TPSA) is 84.1 Å². The second-order valence-corrected chi connectivity index (χ2v) is 6.01. The molecular formula is C16H12F3N3O4. The van der Waals surface area contributed by atoms with Gasteiger partial charge in [-0.2, -0.15) is 13.2 Å². The molecule has 26 heavy (non-hydrogen) atoms. The van der Waals surface area contributed by atoms with Crippen LogP contribution in [0.5, 0.6) is 0 Å². The van der Waals surface area contributed by atoms with Crippen LogP contribution in [0.3, 0.4) is 0 Å². The standard InChI is InChI=1S/C16H12F3N3O4/c17-16(18,19)12-2-1-9(26-12)6-22-4-3-15(13(23)14(22)24)10-5-20-8-21-11(10)7-25-15/h1-2,5,7-8H,3-4,6H2,(H,20,21). The molecule has 136 valence electrons. The lowest BCUT2D eigenvalue weighted by molar-refractivity contribution is -0.159. The van der Waals surface area contributed by atoms with Crippen molar-refractivity contribution in [3.05, 3.63) is 47.4 Å². The number of piperidine rings is 1. The number of hydrogen-bond acceptors (Lipinski definition) is 6. The minimum atomic E-state index is -4.61. The predicted octanol–water partition coefficient (Wildman–Crippen LogP) is 1.73. The summed E-state index contributed by atoms with van der Waals surface area (Å²) < 4.78 is 48.0. The summed E-state index contributed by atoms with van der Waals surface area (Å²) in [7, 11) is 0. The molecule has 0 radical (unpaired) electrons. The van der Waals surface area contributed by atoms with Gasteiger partial charge in [0.05, 0.1) is 18.6 Å². The van der Waals surface area contributed by atoms with Crippen molar-refractivity contribution < 1.29 is 31.9 Å². The zero-order valence-electron chi connectivity index (χ0n) is 13.2. The maximum absolute atomic E-state index is 12.7. The number of amides is 1. The number of nitrogens with one attached hydrogen (secondary N) is 1. The van der Waals surface area contributed by atoms with E-state index in [-0.39, 0.29) is 25.3 Å². The van der Waals surface area contributed by atoms with E-state index in [9.17, 15) is 22.8 Å². The highest BCUT2D eigenvalue weighted by atomic mass is 19.4.